The van der Waals surface area contributed by atoms with Crippen molar-refractivity contribution in [1.82, 2.24) is 19.9 Å². The van der Waals surface area contributed by atoms with Gasteiger partial charge in [0.1, 0.15) is 0 Å². The molecule has 0 aliphatic carbocycles. The van der Waals surface area contributed by atoms with E-state index in [-0.39, 0.29) is 10.8 Å². The number of H-pyrrole nitrogens is 3. The van der Waals surface area contributed by atoms with Crippen molar-refractivity contribution in [2.75, 3.05) is 33.5 Å². The zero-order chi connectivity index (χ0) is 28.8. The summed E-state index contributed by atoms with van der Waals surface area (Å²) in [5.74, 6) is -0.0249. The van der Waals surface area contributed by atoms with Gasteiger partial charge >= 0.3 is 0 Å². The average Bonchev–Trinajstić information content (AvgIpc) is 3.58. The van der Waals surface area contributed by atoms with Gasteiger partial charge in [-0.25, -0.2) is 0 Å². The molecule has 3 rings (SSSR count). The van der Waals surface area contributed by atoms with Crippen LogP contribution in [0.4, 0.5) is 0 Å². The summed E-state index contributed by atoms with van der Waals surface area (Å²) in [6.07, 6.45) is 8.94. The fourth-order valence-corrected chi connectivity index (χ4v) is 5.51. The SMILES string of the molecule is COS(=O)(=O)CCCc1cc(=CO[Si](C)(C)C(C)(C)C)[nH]c1=Cc1[nH]c(-c2ccc[nH]2)cc1CCCN(C)C. The molecule has 0 radical (unpaired) electrons. The first kappa shape index (κ1) is 31.0. The maximum Gasteiger partial charge on any atom is 0.267 e. The summed E-state index contributed by atoms with van der Waals surface area (Å²) in [6, 6.07) is 8.33. The Morgan fingerprint density at radius 2 is 1.74 bits per heavy atom. The van der Waals surface area contributed by atoms with Gasteiger partial charge in [-0.15, -0.1) is 0 Å². The van der Waals surface area contributed by atoms with Crippen molar-refractivity contribution in [2.45, 2.75) is 64.6 Å². The molecule has 0 fully saturated rings. The topological polar surface area (TPSA) is 103 Å². The number of nitrogens with zero attached hydrogens (tertiary/aromatic N) is 1. The molecule has 3 aromatic rings. The Kier molecular flexibility index (Phi) is 10.1. The van der Waals surface area contributed by atoms with E-state index in [1.807, 2.05) is 18.5 Å². The van der Waals surface area contributed by atoms with Crippen molar-refractivity contribution < 1.29 is 17.0 Å². The molecule has 0 saturated heterocycles. The highest BCUT2D eigenvalue weighted by molar-refractivity contribution is 7.86. The first-order chi connectivity index (χ1) is 18.2. The third kappa shape index (κ3) is 8.73. The fraction of sp³-hybridized carbons (Fsp3) is 0.517. The smallest absolute Gasteiger partial charge is 0.267 e. The molecule has 0 unspecified atom stereocenters. The average molecular weight is 575 g/mol. The van der Waals surface area contributed by atoms with Crippen LogP contribution in [0.1, 0.15) is 50.4 Å². The maximum absolute atomic E-state index is 11.9. The van der Waals surface area contributed by atoms with E-state index in [0.717, 1.165) is 52.7 Å². The lowest BCUT2D eigenvalue weighted by molar-refractivity contribution is 0.396. The van der Waals surface area contributed by atoms with Crippen molar-refractivity contribution in [2.24, 2.45) is 0 Å². The van der Waals surface area contributed by atoms with Crippen LogP contribution in [0.2, 0.25) is 18.1 Å². The molecule has 0 aliphatic rings. The lowest BCUT2D eigenvalue weighted by Gasteiger charge is -2.34. The van der Waals surface area contributed by atoms with Gasteiger partial charge in [-0.1, -0.05) is 20.8 Å². The first-order valence-electron chi connectivity index (χ1n) is 13.6. The minimum absolute atomic E-state index is 0.0249. The van der Waals surface area contributed by atoms with Crippen LogP contribution in [0.25, 0.3) is 23.7 Å². The van der Waals surface area contributed by atoms with E-state index in [1.165, 1.54) is 12.7 Å². The Balaban J connectivity index is 2.03. The third-order valence-electron chi connectivity index (χ3n) is 7.50. The second kappa shape index (κ2) is 12.8. The third-order valence-corrected chi connectivity index (χ3v) is 13.1. The number of hydrogen-bond donors (Lipinski definition) is 3. The molecule has 0 spiro atoms. The van der Waals surface area contributed by atoms with Crippen LogP contribution in [0, 0.1) is 0 Å². The van der Waals surface area contributed by atoms with Crippen LogP contribution in [0.5, 0.6) is 0 Å². The molecule has 0 saturated carbocycles. The first-order valence-corrected chi connectivity index (χ1v) is 18.1. The van der Waals surface area contributed by atoms with Gasteiger partial charge in [0, 0.05) is 17.2 Å². The summed E-state index contributed by atoms with van der Waals surface area (Å²) in [5, 5.41) is 1.91. The highest BCUT2D eigenvalue weighted by Gasteiger charge is 2.38. The van der Waals surface area contributed by atoms with E-state index >= 15 is 0 Å². The Hall–Kier alpha value is -2.53. The molecule has 0 aliphatic heterocycles. The van der Waals surface area contributed by atoms with E-state index in [4.69, 9.17) is 4.43 Å². The van der Waals surface area contributed by atoms with Gasteiger partial charge in [-0.2, -0.15) is 8.42 Å². The predicted octanol–water partition coefficient (Wildman–Crippen LogP) is 4.33. The van der Waals surface area contributed by atoms with Crippen molar-refractivity contribution >= 4 is 30.8 Å². The van der Waals surface area contributed by atoms with Crippen molar-refractivity contribution in [1.29, 1.82) is 0 Å². The quantitative estimate of drug-likeness (QED) is 0.208. The van der Waals surface area contributed by atoms with Gasteiger partial charge in [0.25, 0.3) is 10.1 Å². The molecule has 3 N–H and O–H groups in total. The highest BCUT2D eigenvalue weighted by Crippen LogP contribution is 2.36. The van der Waals surface area contributed by atoms with Crippen molar-refractivity contribution in [3.63, 3.8) is 0 Å². The largest absolute Gasteiger partial charge is 0.547 e. The number of aromatic amines is 3. The molecule has 0 bridgehead atoms. The minimum atomic E-state index is -3.51. The zero-order valence-corrected chi connectivity index (χ0v) is 26.6. The Morgan fingerprint density at radius 3 is 2.36 bits per heavy atom. The van der Waals surface area contributed by atoms with Crippen LogP contribution >= 0.6 is 0 Å². The van der Waals surface area contributed by atoms with Crippen LogP contribution in [0.3, 0.4) is 0 Å². The molecule has 3 aromatic heterocycles. The number of aryl methyl sites for hydroxylation is 2. The lowest BCUT2D eigenvalue weighted by Crippen LogP contribution is -2.39. The molecule has 216 valence electrons. The van der Waals surface area contributed by atoms with Gasteiger partial charge < -0.3 is 24.3 Å². The summed E-state index contributed by atoms with van der Waals surface area (Å²) in [4.78, 5) is 12.6. The van der Waals surface area contributed by atoms with Gasteiger partial charge in [0.15, 0.2) is 0 Å². The molecule has 0 aromatic carbocycles. The van der Waals surface area contributed by atoms with E-state index in [1.54, 1.807) is 0 Å². The van der Waals surface area contributed by atoms with Crippen LogP contribution in [-0.4, -0.2) is 70.1 Å². The Morgan fingerprint density at radius 1 is 1.03 bits per heavy atom. The normalized spacial score (nSPS) is 14.1. The number of aromatic nitrogens is 3. The molecular formula is C29H46N4O4SSi. The predicted molar refractivity (Wildman–Crippen MR) is 163 cm³/mol. The molecular weight excluding hydrogens is 528 g/mol. The summed E-state index contributed by atoms with van der Waals surface area (Å²) in [7, 11) is -0.0979. The van der Waals surface area contributed by atoms with Gasteiger partial charge in [-0.05, 0) is 106 Å². The second-order valence-electron chi connectivity index (χ2n) is 11.9. The number of rotatable bonds is 13. The maximum atomic E-state index is 11.9. The zero-order valence-electron chi connectivity index (χ0n) is 24.8. The highest BCUT2D eigenvalue weighted by atomic mass is 32.2. The van der Waals surface area contributed by atoms with E-state index in [0.29, 0.717) is 12.8 Å². The molecule has 3 heterocycles. The Bertz CT molecular complexity index is 1430. The van der Waals surface area contributed by atoms with Gasteiger partial charge in [0.05, 0.1) is 35.9 Å². The Labute approximate surface area is 234 Å². The standard InChI is InChI=1S/C29H46N4O4SSi/c1-29(2,3)39(7,8)37-21-24-18-22(13-11-17-38(34,35)36-6)26(31-24)20-27-23(12-10-16-33(4)5)19-28(32-27)25-14-9-15-30-25/h9,14-15,18-21,30-32H,10-13,16-17H2,1-8H3. The van der Waals surface area contributed by atoms with Gasteiger partial charge in [0.2, 0.25) is 8.32 Å². The monoisotopic (exact) mass is 574 g/mol. The minimum Gasteiger partial charge on any atom is -0.547 e. The number of nitrogens with one attached hydrogen (secondary N) is 3. The molecule has 8 nitrogen and oxygen atoms in total. The summed E-state index contributed by atoms with van der Waals surface area (Å²) in [5.41, 5.74) is 5.41. The van der Waals surface area contributed by atoms with Crippen molar-refractivity contribution in [3.05, 3.63) is 58.0 Å². The fourth-order valence-electron chi connectivity index (χ4n) is 4.07. The van der Waals surface area contributed by atoms with Crippen LogP contribution < -0.4 is 10.7 Å². The molecule has 0 atom stereocenters. The van der Waals surface area contributed by atoms with Crippen molar-refractivity contribution in [3.8, 4) is 11.4 Å². The van der Waals surface area contributed by atoms with E-state index in [9.17, 15) is 8.42 Å². The molecule has 39 heavy (non-hydrogen) atoms. The molecule has 10 heteroatoms. The van der Waals surface area contributed by atoms with E-state index < -0.39 is 18.4 Å². The van der Waals surface area contributed by atoms with E-state index in [2.05, 4.69) is 96.3 Å². The van der Waals surface area contributed by atoms with Gasteiger partial charge in [-0.3, -0.25) is 4.18 Å². The summed E-state index contributed by atoms with van der Waals surface area (Å²) >= 11 is 0. The molecule has 0 amide bonds. The number of hydrogen-bond acceptors (Lipinski definition) is 5. The lowest BCUT2D eigenvalue weighted by atomic mass is 10.1. The van der Waals surface area contributed by atoms with Crippen LogP contribution in [0.15, 0.2) is 30.5 Å². The van der Waals surface area contributed by atoms with Crippen LogP contribution in [-0.2, 0) is 31.6 Å². The summed E-state index contributed by atoms with van der Waals surface area (Å²) < 4.78 is 34.8. The second-order valence-corrected chi connectivity index (χ2v) is 18.6. The summed E-state index contributed by atoms with van der Waals surface area (Å²) in [6.45, 7) is 12.1.